The van der Waals surface area contributed by atoms with Crippen LogP contribution in [0.4, 0.5) is 0 Å². The Morgan fingerprint density at radius 3 is 2.67 bits per heavy atom. The highest BCUT2D eigenvalue weighted by Crippen LogP contribution is 2.34. The third-order valence-corrected chi connectivity index (χ3v) is 4.91. The van der Waals surface area contributed by atoms with Crippen LogP contribution in [0.15, 0.2) is 58.3 Å². The molecule has 6 nitrogen and oxygen atoms in total. The maximum Gasteiger partial charge on any atom is 0.319 e. The van der Waals surface area contributed by atoms with Gasteiger partial charge in [-0.3, -0.25) is 9.36 Å². The fraction of sp³-hybridized carbons (Fsp3) is 0.235. The Morgan fingerprint density at radius 1 is 1.17 bits per heavy atom. The lowest BCUT2D eigenvalue weighted by Gasteiger charge is -2.10. The van der Waals surface area contributed by atoms with Gasteiger partial charge in [0.05, 0.1) is 6.26 Å². The fourth-order valence-electron chi connectivity index (χ4n) is 2.66. The molecule has 1 fully saturated rings. The average Bonchev–Trinajstić information content (AvgIpc) is 3.29. The predicted octanol–water partition coefficient (Wildman–Crippen LogP) is 3.32. The number of carbonyl (C=O) groups excluding carboxylic acids is 1. The molecule has 7 heteroatoms. The Labute approximate surface area is 142 Å². The molecule has 0 N–H and O–H groups in total. The summed E-state index contributed by atoms with van der Waals surface area (Å²) in [6.07, 6.45) is 2.20. The van der Waals surface area contributed by atoms with Crippen molar-refractivity contribution in [1.82, 2.24) is 14.8 Å². The van der Waals surface area contributed by atoms with E-state index in [1.54, 1.807) is 6.26 Å². The van der Waals surface area contributed by atoms with Gasteiger partial charge in [0, 0.05) is 12.1 Å². The van der Waals surface area contributed by atoms with E-state index < -0.39 is 0 Å². The third kappa shape index (κ3) is 2.71. The molecule has 0 aliphatic carbocycles. The summed E-state index contributed by atoms with van der Waals surface area (Å²) in [5, 5.41) is 8.92. The highest BCUT2D eigenvalue weighted by atomic mass is 32.2. The van der Waals surface area contributed by atoms with Crippen molar-refractivity contribution in [3.8, 4) is 17.3 Å². The molecule has 0 unspecified atom stereocenters. The van der Waals surface area contributed by atoms with Gasteiger partial charge in [-0.2, -0.15) is 0 Å². The second-order valence-corrected chi connectivity index (χ2v) is 6.71. The van der Waals surface area contributed by atoms with Crippen molar-refractivity contribution in [2.45, 2.75) is 29.9 Å². The topological polar surface area (TPSA) is 70.2 Å². The number of thioether (sulfide) groups is 1. The van der Waals surface area contributed by atoms with Gasteiger partial charge in [-0.15, -0.1) is 10.2 Å². The number of ether oxygens (including phenoxy) is 1. The first-order chi connectivity index (χ1) is 11.7. The van der Waals surface area contributed by atoms with Crippen LogP contribution in [0.5, 0.6) is 0 Å². The molecular formula is C17H15N3O3S. The lowest BCUT2D eigenvalue weighted by atomic mass is 10.3. The molecule has 0 amide bonds. The van der Waals surface area contributed by atoms with Crippen molar-refractivity contribution >= 4 is 17.7 Å². The van der Waals surface area contributed by atoms with Gasteiger partial charge in [-0.05, 0) is 31.2 Å². The van der Waals surface area contributed by atoms with E-state index in [4.69, 9.17) is 9.15 Å². The Balaban J connectivity index is 1.76. The van der Waals surface area contributed by atoms with Crippen molar-refractivity contribution in [2.75, 3.05) is 0 Å². The minimum absolute atomic E-state index is 0.0624. The Bertz CT molecular complexity index is 845. The zero-order valence-electron chi connectivity index (χ0n) is 13.0. The summed E-state index contributed by atoms with van der Waals surface area (Å²) in [7, 11) is 0. The normalized spacial score (nSPS) is 20.3. The number of esters is 1. The predicted molar refractivity (Wildman–Crippen MR) is 88.9 cm³/mol. The molecule has 0 bridgehead atoms. The number of rotatable bonds is 4. The minimum atomic E-state index is -0.267. The van der Waals surface area contributed by atoms with Gasteiger partial charge in [0.2, 0.25) is 5.82 Å². The number of nitrogens with zero attached hydrogens (tertiary/aromatic N) is 3. The average molecular weight is 341 g/mol. The highest BCUT2D eigenvalue weighted by molar-refractivity contribution is 8.00. The Hall–Kier alpha value is -2.54. The lowest BCUT2D eigenvalue weighted by molar-refractivity contribution is -0.140. The number of para-hydroxylation sites is 1. The summed E-state index contributed by atoms with van der Waals surface area (Å²) in [5.74, 6) is 1.03. The van der Waals surface area contributed by atoms with E-state index in [9.17, 15) is 4.79 Å². The van der Waals surface area contributed by atoms with Gasteiger partial charge in [-0.25, -0.2) is 0 Å². The summed E-state index contributed by atoms with van der Waals surface area (Å²) < 4.78 is 12.6. The number of carbonyl (C=O) groups is 1. The molecule has 3 heterocycles. The first kappa shape index (κ1) is 15.0. The number of benzene rings is 1. The molecule has 1 saturated heterocycles. The zero-order chi connectivity index (χ0) is 16.5. The van der Waals surface area contributed by atoms with E-state index in [1.165, 1.54) is 11.8 Å². The van der Waals surface area contributed by atoms with Crippen LogP contribution < -0.4 is 0 Å². The Kier molecular flexibility index (Phi) is 3.86. The van der Waals surface area contributed by atoms with Crippen molar-refractivity contribution in [1.29, 1.82) is 0 Å². The van der Waals surface area contributed by atoms with E-state index >= 15 is 0 Å². The van der Waals surface area contributed by atoms with Gasteiger partial charge in [0.1, 0.15) is 11.4 Å². The van der Waals surface area contributed by atoms with Gasteiger partial charge in [-0.1, -0.05) is 30.0 Å². The summed E-state index contributed by atoms with van der Waals surface area (Å²) >= 11 is 1.38. The summed E-state index contributed by atoms with van der Waals surface area (Å²) in [6, 6.07) is 13.4. The number of hydrogen-bond acceptors (Lipinski definition) is 6. The molecule has 4 rings (SSSR count). The molecule has 1 aliphatic rings. The van der Waals surface area contributed by atoms with Gasteiger partial charge < -0.3 is 9.15 Å². The lowest BCUT2D eigenvalue weighted by Crippen LogP contribution is -2.11. The number of furan rings is 1. The van der Waals surface area contributed by atoms with Crippen LogP contribution >= 0.6 is 11.8 Å². The first-order valence-electron chi connectivity index (χ1n) is 7.64. The van der Waals surface area contributed by atoms with Crippen LogP contribution in [0.1, 0.15) is 13.3 Å². The van der Waals surface area contributed by atoms with E-state index in [0.717, 1.165) is 5.69 Å². The number of hydrogen-bond donors (Lipinski definition) is 0. The number of cyclic esters (lactones) is 1. The molecule has 24 heavy (non-hydrogen) atoms. The second-order valence-electron chi connectivity index (χ2n) is 5.54. The highest BCUT2D eigenvalue weighted by Gasteiger charge is 2.34. The van der Waals surface area contributed by atoms with Crippen molar-refractivity contribution in [3.63, 3.8) is 0 Å². The molecule has 0 spiro atoms. The third-order valence-electron chi connectivity index (χ3n) is 3.76. The number of aromatic nitrogens is 3. The van der Waals surface area contributed by atoms with E-state index in [2.05, 4.69) is 10.2 Å². The fourth-order valence-corrected chi connectivity index (χ4v) is 3.82. The van der Waals surface area contributed by atoms with Crippen LogP contribution in [0.25, 0.3) is 17.3 Å². The maximum absolute atomic E-state index is 12.0. The van der Waals surface area contributed by atoms with Crippen molar-refractivity contribution < 1.29 is 13.9 Å². The quantitative estimate of drug-likeness (QED) is 0.678. The summed E-state index contributed by atoms with van der Waals surface area (Å²) in [5.41, 5.74) is 0.913. The molecule has 122 valence electrons. The van der Waals surface area contributed by atoms with Crippen molar-refractivity contribution in [2.24, 2.45) is 0 Å². The molecule has 2 atom stereocenters. The molecular weight excluding hydrogens is 326 g/mol. The van der Waals surface area contributed by atoms with Gasteiger partial charge in [0.25, 0.3) is 0 Å². The second kappa shape index (κ2) is 6.16. The molecule has 0 radical (unpaired) electrons. The molecule has 3 aromatic rings. The van der Waals surface area contributed by atoms with Gasteiger partial charge >= 0.3 is 5.97 Å². The van der Waals surface area contributed by atoms with Crippen LogP contribution in [0.2, 0.25) is 0 Å². The monoisotopic (exact) mass is 341 g/mol. The minimum Gasteiger partial charge on any atom is -0.462 e. The SMILES string of the molecule is C[C@H]1C[C@H](Sc2nnc(-c3ccco3)n2-c2ccccc2)C(=O)O1. The zero-order valence-corrected chi connectivity index (χ0v) is 13.8. The molecule has 1 aliphatic heterocycles. The van der Waals surface area contributed by atoms with Gasteiger partial charge in [0.15, 0.2) is 10.9 Å². The van der Waals surface area contributed by atoms with E-state index in [0.29, 0.717) is 23.2 Å². The largest absolute Gasteiger partial charge is 0.462 e. The standard InChI is InChI=1S/C17H15N3O3S/c1-11-10-14(16(21)23-11)24-17-19-18-15(13-8-5-9-22-13)20(17)12-6-3-2-4-7-12/h2-9,11,14H,10H2,1H3/t11-,14-/m0/s1. The van der Waals surface area contributed by atoms with E-state index in [-0.39, 0.29) is 17.3 Å². The van der Waals surface area contributed by atoms with E-state index in [1.807, 2.05) is 54.0 Å². The van der Waals surface area contributed by atoms with Crippen LogP contribution in [-0.2, 0) is 9.53 Å². The maximum atomic E-state index is 12.0. The molecule has 2 aromatic heterocycles. The Morgan fingerprint density at radius 2 is 2.00 bits per heavy atom. The van der Waals surface area contributed by atoms with Crippen LogP contribution in [0, 0.1) is 0 Å². The molecule has 1 aromatic carbocycles. The smallest absolute Gasteiger partial charge is 0.319 e. The van der Waals surface area contributed by atoms with Crippen LogP contribution in [-0.4, -0.2) is 32.1 Å². The summed E-state index contributed by atoms with van der Waals surface area (Å²) in [4.78, 5) is 12.0. The molecule has 0 saturated carbocycles. The van der Waals surface area contributed by atoms with Crippen molar-refractivity contribution in [3.05, 3.63) is 48.7 Å². The first-order valence-corrected chi connectivity index (χ1v) is 8.52. The summed E-state index contributed by atoms with van der Waals surface area (Å²) in [6.45, 7) is 1.90. The van der Waals surface area contributed by atoms with Crippen LogP contribution in [0.3, 0.4) is 0 Å².